The van der Waals surface area contributed by atoms with Crippen molar-refractivity contribution in [2.75, 3.05) is 13.1 Å². The van der Waals surface area contributed by atoms with Gasteiger partial charge in [0.15, 0.2) is 0 Å². The van der Waals surface area contributed by atoms with E-state index in [0.29, 0.717) is 31.6 Å². The van der Waals surface area contributed by atoms with E-state index in [4.69, 9.17) is 5.73 Å². The molecule has 1 aliphatic rings. The largest absolute Gasteiger partial charge is 0.369 e. The van der Waals surface area contributed by atoms with Crippen LogP contribution in [0.2, 0.25) is 0 Å². The molecule has 0 bridgehead atoms. The summed E-state index contributed by atoms with van der Waals surface area (Å²) in [5.41, 5.74) is 8.94. The van der Waals surface area contributed by atoms with Gasteiger partial charge in [-0.15, -0.1) is 0 Å². The number of nitrogens with two attached hydrogens (primary N) is 1. The highest BCUT2D eigenvalue weighted by molar-refractivity contribution is 5.96. The van der Waals surface area contributed by atoms with Gasteiger partial charge in [-0.3, -0.25) is 14.6 Å². The van der Waals surface area contributed by atoms with Crippen LogP contribution >= 0.6 is 0 Å². The fourth-order valence-corrected chi connectivity index (χ4v) is 3.26. The molecule has 24 heavy (non-hydrogen) atoms. The summed E-state index contributed by atoms with van der Waals surface area (Å²) in [6.07, 6.45) is 2.41. The van der Waals surface area contributed by atoms with Gasteiger partial charge in [-0.25, -0.2) is 0 Å². The van der Waals surface area contributed by atoms with Crippen LogP contribution in [-0.4, -0.2) is 39.4 Å². The van der Waals surface area contributed by atoms with E-state index >= 15 is 0 Å². The molecule has 126 valence electrons. The van der Waals surface area contributed by atoms with Gasteiger partial charge in [0.2, 0.25) is 5.91 Å². The third kappa shape index (κ3) is 3.04. The number of primary amides is 1. The standard InChI is InChI=1S/C18H22N4O2/c1-12-9-16(18(24)21-8-6-14(10-21)17(19)23)13(2)22(12)11-15-5-3-4-7-20-15/h3-5,7,9,14H,6,8,10-11H2,1-2H3,(H2,19,23)/t14-/m0/s1. The summed E-state index contributed by atoms with van der Waals surface area (Å²) in [7, 11) is 0. The van der Waals surface area contributed by atoms with Gasteiger partial charge in [0.1, 0.15) is 0 Å². The van der Waals surface area contributed by atoms with Gasteiger partial charge in [-0.2, -0.15) is 0 Å². The van der Waals surface area contributed by atoms with Crippen LogP contribution in [-0.2, 0) is 11.3 Å². The number of aryl methyl sites for hydroxylation is 1. The molecule has 0 aliphatic carbocycles. The first-order valence-corrected chi connectivity index (χ1v) is 8.12. The molecular weight excluding hydrogens is 304 g/mol. The number of carbonyl (C=O) groups excluding carboxylic acids is 2. The van der Waals surface area contributed by atoms with Gasteiger partial charge in [0, 0.05) is 30.7 Å². The number of nitrogens with zero attached hydrogens (tertiary/aromatic N) is 3. The van der Waals surface area contributed by atoms with Crippen molar-refractivity contribution >= 4 is 11.8 Å². The van der Waals surface area contributed by atoms with Crippen LogP contribution in [0.25, 0.3) is 0 Å². The number of amides is 2. The lowest BCUT2D eigenvalue weighted by Gasteiger charge is -2.16. The van der Waals surface area contributed by atoms with Crippen molar-refractivity contribution in [3.05, 3.63) is 53.1 Å². The zero-order valence-electron chi connectivity index (χ0n) is 14.0. The highest BCUT2D eigenvalue weighted by Crippen LogP contribution is 2.22. The van der Waals surface area contributed by atoms with Gasteiger partial charge in [-0.1, -0.05) is 6.07 Å². The van der Waals surface area contributed by atoms with E-state index in [-0.39, 0.29) is 17.7 Å². The maximum atomic E-state index is 12.8. The smallest absolute Gasteiger partial charge is 0.255 e. The Hall–Kier alpha value is -2.63. The third-order valence-corrected chi connectivity index (χ3v) is 4.73. The summed E-state index contributed by atoms with van der Waals surface area (Å²) in [6.45, 7) is 5.57. The molecule has 6 heteroatoms. The fraction of sp³-hybridized carbons (Fsp3) is 0.389. The van der Waals surface area contributed by atoms with Crippen molar-refractivity contribution in [3.8, 4) is 0 Å². The Labute approximate surface area is 141 Å². The minimum Gasteiger partial charge on any atom is -0.369 e. The van der Waals surface area contributed by atoms with Crippen LogP contribution in [0.1, 0.15) is 33.9 Å². The quantitative estimate of drug-likeness (QED) is 0.924. The van der Waals surface area contributed by atoms with Crippen molar-refractivity contribution in [1.82, 2.24) is 14.5 Å². The highest BCUT2D eigenvalue weighted by atomic mass is 16.2. The topological polar surface area (TPSA) is 81.2 Å². The van der Waals surface area contributed by atoms with Crippen LogP contribution < -0.4 is 5.73 Å². The summed E-state index contributed by atoms with van der Waals surface area (Å²) < 4.78 is 2.09. The van der Waals surface area contributed by atoms with E-state index in [1.807, 2.05) is 38.1 Å². The number of likely N-dealkylation sites (tertiary alicyclic amines) is 1. The number of rotatable bonds is 4. The van der Waals surface area contributed by atoms with E-state index in [1.54, 1.807) is 11.1 Å². The third-order valence-electron chi connectivity index (χ3n) is 4.73. The average molecular weight is 326 g/mol. The minimum absolute atomic E-state index is 0.0286. The van der Waals surface area contributed by atoms with Gasteiger partial charge in [-0.05, 0) is 38.5 Å². The molecule has 0 unspecified atom stereocenters. The molecule has 2 N–H and O–H groups in total. The molecule has 0 spiro atoms. The van der Waals surface area contributed by atoms with Gasteiger partial charge >= 0.3 is 0 Å². The molecule has 3 heterocycles. The van der Waals surface area contributed by atoms with Crippen molar-refractivity contribution in [2.45, 2.75) is 26.8 Å². The average Bonchev–Trinajstić information content (AvgIpc) is 3.16. The monoisotopic (exact) mass is 326 g/mol. The Morgan fingerprint density at radius 1 is 1.33 bits per heavy atom. The molecule has 1 saturated heterocycles. The summed E-state index contributed by atoms with van der Waals surface area (Å²) in [5, 5.41) is 0. The first-order valence-electron chi connectivity index (χ1n) is 8.12. The van der Waals surface area contributed by atoms with Gasteiger partial charge < -0.3 is 15.2 Å². The number of carbonyl (C=O) groups is 2. The summed E-state index contributed by atoms with van der Waals surface area (Å²) in [6, 6.07) is 7.73. The van der Waals surface area contributed by atoms with E-state index in [2.05, 4.69) is 9.55 Å². The van der Waals surface area contributed by atoms with Crippen molar-refractivity contribution < 1.29 is 9.59 Å². The van der Waals surface area contributed by atoms with Crippen LogP contribution in [0, 0.1) is 19.8 Å². The number of hydrogen-bond acceptors (Lipinski definition) is 3. The Balaban J connectivity index is 1.81. The molecule has 1 fully saturated rings. The second kappa shape index (κ2) is 6.47. The lowest BCUT2D eigenvalue weighted by molar-refractivity contribution is -0.121. The lowest BCUT2D eigenvalue weighted by Crippen LogP contribution is -2.32. The molecule has 3 rings (SSSR count). The first-order chi connectivity index (χ1) is 11.5. The summed E-state index contributed by atoms with van der Waals surface area (Å²) in [5.74, 6) is -0.587. The maximum Gasteiger partial charge on any atom is 0.255 e. The maximum absolute atomic E-state index is 12.8. The normalized spacial score (nSPS) is 17.2. The number of pyridine rings is 1. The summed E-state index contributed by atoms with van der Waals surface area (Å²) in [4.78, 5) is 30.2. The fourth-order valence-electron chi connectivity index (χ4n) is 3.26. The van der Waals surface area contributed by atoms with Crippen LogP contribution in [0.15, 0.2) is 30.5 Å². The molecular formula is C18H22N4O2. The SMILES string of the molecule is Cc1cc(C(=O)N2CC[C@H](C(N)=O)C2)c(C)n1Cc1ccccn1. The second-order valence-electron chi connectivity index (χ2n) is 6.33. The van der Waals surface area contributed by atoms with E-state index in [1.165, 1.54) is 0 Å². The van der Waals surface area contributed by atoms with Crippen LogP contribution in [0.3, 0.4) is 0 Å². The van der Waals surface area contributed by atoms with Crippen LogP contribution in [0.5, 0.6) is 0 Å². The number of hydrogen-bond donors (Lipinski definition) is 1. The Morgan fingerprint density at radius 3 is 2.75 bits per heavy atom. The molecule has 0 aromatic carbocycles. The van der Waals surface area contributed by atoms with Crippen molar-refractivity contribution in [3.63, 3.8) is 0 Å². The lowest BCUT2D eigenvalue weighted by atomic mass is 10.1. The predicted octanol–water partition coefficient (Wildman–Crippen LogP) is 1.50. The zero-order valence-corrected chi connectivity index (χ0v) is 14.0. The molecule has 1 atom stereocenters. The molecule has 2 aromatic rings. The molecule has 2 aromatic heterocycles. The van der Waals surface area contributed by atoms with Crippen molar-refractivity contribution in [2.24, 2.45) is 11.7 Å². The first kappa shape index (κ1) is 16.2. The van der Waals surface area contributed by atoms with E-state index in [0.717, 1.165) is 17.1 Å². The Morgan fingerprint density at radius 2 is 2.12 bits per heavy atom. The zero-order chi connectivity index (χ0) is 17.3. The second-order valence-corrected chi connectivity index (χ2v) is 6.33. The Bertz CT molecular complexity index is 767. The minimum atomic E-state index is -0.328. The Kier molecular flexibility index (Phi) is 4.38. The number of aromatic nitrogens is 2. The van der Waals surface area contributed by atoms with E-state index in [9.17, 15) is 9.59 Å². The predicted molar refractivity (Wildman–Crippen MR) is 90.4 cm³/mol. The molecule has 1 aliphatic heterocycles. The van der Waals surface area contributed by atoms with Gasteiger partial charge in [0.05, 0.1) is 23.7 Å². The van der Waals surface area contributed by atoms with Gasteiger partial charge in [0.25, 0.3) is 5.91 Å². The molecule has 0 saturated carbocycles. The van der Waals surface area contributed by atoms with Crippen molar-refractivity contribution in [1.29, 1.82) is 0 Å². The molecule has 6 nitrogen and oxygen atoms in total. The highest BCUT2D eigenvalue weighted by Gasteiger charge is 2.31. The molecule has 2 amide bonds. The molecule has 0 radical (unpaired) electrons. The van der Waals surface area contributed by atoms with E-state index < -0.39 is 0 Å². The summed E-state index contributed by atoms with van der Waals surface area (Å²) >= 11 is 0. The van der Waals surface area contributed by atoms with Crippen LogP contribution in [0.4, 0.5) is 0 Å².